The second-order valence-corrected chi connectivity index (χ2v) is 8.52. The molecule has 2 aromatic rings. The highest BCUT2D eigenvalue weighted by molar-refractivity contribution is 5.91. The van der Waals surface area contributed by atoms with Gasteiger partial charge in [0.05, 0.1) is 6.54 Å². The molecule has 0 bridgehead atoms. The van der Waals surface area contributed by atoms with Gasteiger partial charge in [-0.05, 0) is 57.1 Å². The van der Waals surface area contributed by atoms with Crippen LogP contribution in [0.25, 0.3) is 0 Å². The second-order valence-electron chi connectivity index (χ2n) is 8.52. The Kier molecular flexibility index (Phi) is 7.07. The summed E-state index contributed by atoms with van der Waals surface area (Å²) in [5.41, 5.74) is 2.59. The lowest BCUT2D eigenvalue weighted by atomic mass is 10.1. The van der Waals surface area contributed by atoms with Gasteiger partial charge >= 0.3 is 0 Å². The molecule has 2 aliphatic rings. The molecule has 4 rings (SSSR count). The summed E-state index contributed by atoms with van der Waals surface area (Å²) < 4.78 is 5.83. The van der Waals surface area contributed by atoms with Gasteiger partial charge in [0.25, 0.3) is 5.91 Å². The average Bonchev–Trinajstić information content (AvgIpc) is 3.24. The third-order valence-corrected chi connectivity index (χ3v) is 6.20. The number of furan rings is 1. The molecular formula is C24H34N4O2. The van der Waals surface area contributed by atoms with Crippen LogP contribution in [0.1, 0.15) is 41.1 Å². The zero-order valence-corrected chi connectivity index (χ0v) is 18.1. The molecule has 2 saturated heterocycles. The molecule has 30 heavy (non-hydrogen) atoms. The van der Waals surface area contributed by atoms with Crippen LogP contribution in [0.2, 0.25) is 0 Å². The Bertz CT molecular complexity index is 803. The summed E-state index contributed by atoms with van der Waals surface area (Å²) in [6.45, 7) is 10.8. The number of carbonyl (C=O) groups excluding carboxylic acids is 1. The fourth-order valence-electron chi connectivity index (χ4n) is 4.32. The Morgan fingerprint density at radius 2 is 1.63 bits per heavy atom. The van der Waals surface area contributed by atoms with Crippen molar-refractivity contribution in [3.8, 4) is 0 Å². The van der Waals surface area contributed by atoms with Crippen molar-refractivity contribution in [1.82, 2.24) is 15.1 Å². The van der Waals surface area contributed by atoms with Gasteiger partial charge in [0.1, 0.15) is 5.76 Å². The number of hydrogen-bond donors (Lipinski definition) is 1. The van der Waals surface area contributed by atoms with Crippen molar-refractivity contribution in [3.63, 3.8) is 0 Å². The van der Waals surface area contributed by atoms with Gasteiger partial charge in [0.2, 0.25) is 0 Å². The van der Waals surface area contributed by atoms with Crippen molar-refractivity contribution in [2.45, 2.75) is 32.7 Å². The molecule has 0 atom stereocenters. The van der Waals surface area contributed by atoms with E-state index in [-0.39, 0.29) is 5.91 Å². The van der Waals surface area contributed by atoms with E-state index in [0.29, 0.717) is 12.3 Å². The Labute approximate surface area is 179 Å². The Hall–Kier alpha value is -2.31. The summed E-state index contributed by atoms with van der Waals surface area (Å²) in [5, 5.41) is 3.00. The van der Waals surface area contributed by atoms with E-state index < -0.39 is 0 Å². The van der Waals surface area contributed by atoms with E-state index in [1.54, 1.807) is 6.07 Å². The first-order valence-corrected chi connectivity index (χ1v) is 11.3. The summed E-state index contributed by atoms with van der Waals surface area (Å²) in [6.07, 6.45) is 3.88. The molecule has 0 radical (unpaired) electrons. The average molecular weight is 411 g/mol. The van der Waals surface area contributed by atoms with Crippen LogP contribution in [0.4, 0.5) is 5.69 Å². The van der Waals surface area contributed by atoms with Crippen molar-refractivity contribution >= 4 is 11.6 Å². The molecule has 2 fully saturated rings. The van der Waals surface area contributed by atoms with Crippen LogP contribution in [-0.4, -0.2) is 68.1 Å². The molecular weight excluding hydrogens is 376 g/mol. The summed E-state index contributed by atoms with van der Waals surface area (Å²) in [5.74, 6) is 1.17. The van der Waals surface area contributed by atoms with E-state index >= 15 is 0 Å². The number of anilines is 1. The topological polar surface area (TPSA) is 52.0 Å². The summed E-state index contributed by atoms with van der Waals surface area (Å²) in [6, 6.07) is 12.5. The second kappa shape index (κ2) is 10.1. The molecule has 162 valence electrons. The van der Waals surface area contributed by atoms with Gasteiger partial charge in [-0.1, -0.05) is 24.1 Å². The molecule has 0 unspecified atom stereocenters. The van der Waals surface area contributed by atoms with Gasteiger partial charge in [0.15, 0.2) is 5.76 Å². The highest BCUT2D eigenvalue weighted by atomic mass is 16.4. The standard InChI is InChI=1S/C24H34N4O2/c1-20-5-7-21(8-6-20)28-17-15-27(16-18-28)19-22-9-10-23(30-22)24(29)25-11-14-26-12-3-2-4-13-26/h5-10H,2-4,11-19H2,1H3,(H,25,29). The third kappa shape index (κ3) is 5.64. The number of rotatable bonds is 7. The van der Waals surface area contributed by atoms with Crippen molar-refractivity contribution in [1.29, 1.82) is 0 Å². The van der Waals surface area contributed by atoms with E-state index in [1.807, 2.05) is 6.07 Å². The van der Waals surface area contributed by atoms with E-state index in [9.17, 15) is 4.79 Å². The van der Waals surface area contributed by atoms with E-state index in [1.165, 1.54) is 30.5 Å². The van der Waals surface area contributed by atoms with Crippen LogP contribution in [0.3, 0.4) is 0 Å². The third-order valence-electron chi connectivity index (χ3n) is 6.20. The molecule has 0 saturated carbocycles. The van der Waals surface area contributed by atoms with E-state index in [0.717, 1.165) is 58.1 Å². The zero-order chi connectivity index (χ0) is 20.8. The van der Waals surface area contributed by atoms with Crippen LogP contribution in [0, 0.1) is 6.92 Å². The number of piperazine rings is 1. The number of piperidine rings is 1. The normalized spacial score (nSPS) is 18.5. The highest BCUT2D eigenvalue weighted by Gasteiger charge is 2.19. The molecule has 2 aliphatic heterocycles. The minimum Gasteiger partial charge on any atom is -0.455 e. The lowest BCUT2D eigenvalue weighted by Gasteiger charge is -2.35. The smallest absolute Gasteiger partial charge is 0.287 e. The van der Waals surface area contributed by atoms with Gasteiger partial charge in [-0.25, -0.2) is 0 Å². The Balaban J connectivity index is 1.20. The first kappa shape index (κ1) is 20.9. The number of aryl methyl sites for hydroxylation is 1. The minimum atomic E-state index is -0.109. The number of likely N-dealkylation sites (tertiary alicyclic amines) is 1. The predicted octanol–water partition coefficient (Wildman–Crippen LogP) is 3.13. The van der Waals surface area contributed by atoms with Gasteiger partial charge in [0, 0.05) is 45.0 Å². The molecule has 6 heteroatoms. The van der Waals surface area contributed by atoms with Crippen LogP contribution in [-0.2, 0) is 6.54 Å². The molecule has 0 aliphatic carbocycles. The van der Waals surface area contributed by atoms with Gasteiger partial charge in [-0.3, -0.25) is 9.69 Å². The molecule has 6 nitrogen and oxygen atoms in total. The molecule has 1 aromatic carbocycles. The first-order chi connectivity index (χ1) is 14.7. The summed E-state index contributed by atoms with van der Waals surface area (Å²) >= 11 is 0. The lowest BCUT2D eigenvalue weighted by Crippen LogP contribution is -2.45. The van der Waals surface area contributed by atoms with Gasteiger partial charge in [-0.2, -0.15) is 0 Å². The zero-order valence-electron chi connectivity index (χ0n) is 18.1. The highest BCUT2D eigenvalue weighted by Crippen LogP contribution is 2.19. The monoisotopic (exact) mass is 410 g/mol. The van der Waals surface area contributed by atoms with Crippen LogP contribution in [0.5, 0.6) is 0 Å². The van der Waals surface area contributed by atoms with Crippen molar-refractivity contribution in [2.75, 3.05) is 57.3 Å². The molecule has 1 aromatic heterocycles. The first-order valence-electron chi connectivity index (χ1n) is 11.3. The van der Waals surface area contributed by atoms with Crippen LogP contribution in [0.15, 0.2) is 40.8 Å². The quantitative estimate of drug-likeness (QED) is 0.760. The van der Waals surface area contributed by atoms with E-state index in [4.69, 9.17) is 4.42 Å². The van der Waals surface area contributed by atoms with Gasteiger partial charge in [-0.15, -0.1) is 0 Å². The minimum absolute atomic E-state index is 0.109. The van der Waals surface area contributed by atoms with Crippen molar-refractivity contribution in [2.24, 2.45) is 0 Å². The summed E-state index contributed by atoms with van der Waals surface area (Å²) in [4.78, 5) is 19.6. The van der Waals surface area contributed by atoms with Crippen LogP contribution < -0.4 is 10.2 Å². The fraction of sp³-hybridized carbons (Fsp3) is 0.542. The Morgan fingerprint density at radius 1 is 0.900 bits per heavy atom. The number of nitrogens with one attached hydrogen (secondary N) is 1. The SMILES string of the molecule is Cc1ccc(N2CCN(Cc3ccc(C(=O)NCCN4CCCCC4)o3)CC2)cc1. The predicted molar refractivity (Wildman–Crippen MR) is 120 cm³/mol. The Morgan fingerprint density at radius 3 is 2.37 bits per heavy atom. The largest absolute Gasteiger partial charge is 0.455 e. The number of benzene rings is 1. The van der Waals surface area contributed by atoms with Crippen molar-refractivity contribution in [3.05, 3.63) is 53.5 Å². The molecule has 3 heterocycles. The molecule has 0 spiro atoms. The number of carbonyl (C=O) groups is 1. The molecule has 1 N–H and O–H groups in total. The molecule has 1 amide bonds. The maximum atomic E-state index is 12.4. The number of hydrogen-bond acceptors (Lipinski definition) is 5. The van der Waals surface area contributed by atoms with Gasteiger partial charge < -0.3 is 19.5 Å². The maximum Gasteiger partial charge on any atom is 0.287 e. The maximum absolute atomic E-state index is 12.4. The number of nitrogens with zero attached hydrogens (tertiary/aromatic N) is 3. The van der Waals surface area contributed by atoms with E-state index in [2.05, 4.69) is 51.2 Å². The summed E-state index contributed by atoms with van der Waals surface area (Å²) in [7, 11) is 0. The van der Waals surface area contributed by atoms with Crippen molar-refractivity contribution < 1.29 is 9.21 Å². The lowest BCUT2D eigenvalue weighted by molar-refractivity contribution is 0.0914. The fourth-order valence-corrected chi connectivity index (χ4v) is 4.32. The van der Waals surface area contributed by atoms with Crippen LogP contribution >= 0.6 is 0 Å². The number of amides is 1.